The van der Waals surface area contributed by atoms with Crippen LogP contribution in [-0.2, 0) is 16.9 Å². The van der Waals surface area contributed by atoms with Crippen LogP contribution in [0.15, 0.2) is 35.2 Å². The maximum Gasteiger partial charge on any atom is 0.0859 e. The van der Waals surface area contributed by atoms with Gasteiger partial charge in [-0.3, -0.25) is 0 Å². The fourth-order valence-corrected chi connectivity index (χ4v) is 5.15. The molecule has 0 atom stereocenters. The number of hydrogen-bond donors (Lipinski definition) is 1. The third-order valence-corrected chi connectivity index (χ3v) is 6.86. The molecule has 0 unspecified atom stereocenters. The third kappa shape index (κ3) is 4.80. The molecule has 0 aromatic heterocycles. The highest BCUT2D eigenvalue weighted by atomic mass is 32.1. The summed E-state index contributed by atoms with van der Waals surface area (Å²) in [4.78, 5) is 1.17. The molecule has 2 radical (unpaired) electrons. The van der Waals surface area contributed by atoms with E-state index >= 15 is 0 Å². The van der Waals surface area contributed by atoms with E-state index in [2.05, 4.69) is 85.7 Å². The zero-order chi connectivity index (χ0) is 19.0. The predicted molar refractivity (Wildman–Crippen MR) is 116 cm³/mol. The lowest BCUT2D eigenvalue weighted by Gasteiger charge is -2.29. The molecule has 0 aliphatic carbocycles. The number of benzene rings is 2. The number of thiol groups is 1. The van der Waals surface area contributed by atoms with Crippen molar-refractivity contribution in [1.82, 2.24) is 0 Å². The van der Waals surface area contributed by atoms with Crippen LogP contribution in [0.5, 0.6) is 0 Å². The van der Waals surface area contributed by atoms with Crippen molar-refractivity contribution in [2.24, 2.45) is 0 Å². The maximum absolute atomic E-state index is 4.92. The Morgan fingerprint density at radius 2 is 1.40 bits per heavy atom. The highest BCUT2D eigenvalue weighted by Crippen LogP contribution is 2.37. The molecule has 2 aromatic carbocycles. The summed E-state index contributed by atoms with van der Waals surface area (Å²) in [6, 6.07) is 12.5. The highest BCUT2D eigenvalue weighted by Gasteiger charge is 2.25. The third-order valence-electron chi connectivity index (χ3n) is 4.87. The summed E-state index contributed by atoms with van der Waals surface area (Å²) >= 11 is 4.92. The zero-order valence-electron chi connectivity index (χ0n) is 17.0. The fourth-order valence-electron chi connectivity index (χ4n) is 3.08. The average Bonchev–Trinajstić information content (AvgIpc) is 2.47. The van der Waals surface area contributed by atoms with Crippen molar-refractivity contribution in [3.63, 3.8) is 0 Å². The largest absolute Gasteiger partial charge is 0.143 e. The lowest BCUT2D eigenvalue weighted by atomic mass is 9.79. The first-order valence-electron chi connectivity index (χ1n) is 9.08. The molecule has 0 spiro atoms. The van der Waals surface area contributed by atoms with Gasteiger partial charge < -0.3 is 0 Å². The molecule has 2 heteroatoms. The molecule has 0 nitrogen and oxygen atoms in total. The van der Waals surface area contributed by atoms with Crippen LogP contribution in [0.3, 0.4) is 0 Å². The predicted octanol–water partition coefficient (Wildman–Crippen LogP) is 5.72. The molecule has 0 heterocycles. The second kappa shape index (κ2) is 7.32. The Morgan fingerprint density at radius 1 is 0.880 bits per heavy atom. The lowest BCUT2D eigenvalue weighted by Crippen LogP contribution is -2.23. The van der Waals surface area contributed by atoms with Gasteiger partial charge in [0.2, 0.25) is 0 Å². The first-order valence-corrected chi connectivity index (χ1v) is 10.7. The Kier molecular flexibility index (Phi) is 5.95. The van der Waals surface area contributed by atoms with E-state index in [1.807, 2.05) is 0 Å². The van der Waals surface area contributed by atoms with E-state index in [1.54, 1.807) is 0 Å². The van der Waals surface area contributed by atoms with E-state index in [-0.39, 0.29) is 10.8 Å². The van der Waals surface area contributed by atoms with Gasteiger partial charge in [0, 0.05) is 4.90 Å². The van der Waals surface area contributed by atoms with Crippen LogP contribution in [0.1, 0.15) is 69.4 Å². The summed E-state index contributed by atoms with van der Waals surface area (Å²) in [6.45, 7) is 18.1. The summed E-state index contributed by atoms with van der Waals surface area (Å²) in [7, 11) is 0.809. The molecule has 0 saturated heterocycles. The van der Waals surface area contributed by atoms with Crippen molar-refractivity contribution in [3.8, 4) is 0 Å². The Balaban J connectivity index is 2.42. The smallest absolute Gasteiger partial charge is 0.0859 e. The van der Waals surface area contributed by atoms with Gasteiger partial charge in [0.15, 0.2) is 0 Å². The molecule has 0 aliphatic rings. The van der Waals surface area contributed by atoms with Crippen LogP contribution in [0.2, 0.25) is 0 Å². The zero-order valence-corrected chi connectivity index (χ0v) is 18.9. The van der Waals surface area contributed by atoms with Crippen LogP contribution in [0.4, 0.5) is 0 Å². The minimum Gasteiger partial charge on any atom is -0.143 e. The molecular formula is C23H32SSi. The molecule has 0 bridgehead atoms. The standard InChI is InChI=1S/C23H32SSi/c1-15-10-9-11-20(16(15)2)25-14-17-12-18(22(3,4)5)21(24)19(13-17)23(6,7)8/h9-13,24H,14H2,1-8H3. The number of rotatable bonds is 3. The van der Waals surface area contributed by atoms with Gasteiger partial charge in [-0.2, -0.15) is 0 Å². The van der Waals surface area contributed by atoms with Gasteiger partial charge in [0.1, 0.15) is 0 Å². The molecular weight excluding hydrogens is 336 g/mol. The van der Waals surface area contributed by atoms with Crippen molar-refractivity contribution in [2.75, 3.05) is 0 Å². The van der Waals surface area contributed by atoms with Crippen molar-refractivity contribution in [2.45, 2.75) is 77.2 Å². The molecule has 0 N–H and O–H groups in total. The molecule has 0 amide bonds. The maximum atomic E-state index is 4.92. The number of aryl methyl sites for hydroxylation is 1. The van der Waals surface area contributed by atoms with Gasteiger partial charge >= 0.3 is 0 Å². The van der Waals surface area contributed by atoms with Gasteiger partial charge in [-0.25, -0.2) is 0 Å². The van der Waals surface area contributed by atoms with Gasteiger partial charge in [-0.1, -0.05) is 82.6 Å². The van der Waals surface area contributed by atoms with Crippen molar-refractivity contribution >= 4 is 27.3 Å². The lowest BCUT2D eigenvalue weighted by molar-refractivity contribution is 0.546. The SMILES string of the molecule is Cc1cccc([Si]Cc2cc(C(C)(C)C)c(S)c(C(C)(C)C)c2)c1C. The van der Waals surface area contributed by atoms with E-state index in [0.29, 0.717) is 0 Å². The van der Waals surface area contributed by atoms with E-state index in [1.165, 1.54) is 37.9 Å². The van der Waals surface area contributed by atoms with Crippen LogP contribution in [0.25, 0.3) is 0 Å². The second-order valence-corrected chi connectivity index (χ2v) is 10.8. The summed E-state index contributed by atoms with van der Waals surface area (Å²) < 4.78 is 0. The van der Waals surface area contributed by atoms with Crippen molar-refractivity contribution in [1.29, 1.82) is 0 Å². The Morgan fingerprint density at radius 3 is 1.88 bits per heavy atom. The quantitative estimate of drug-likeness (QED) is 0.520. The van der Waals surface area contributed by atoms with E-state index in [4.69, 9.17) is 12.6 Å². The first-order chi connectivity index (χ1) is 11.4. The van der Waals surface area contributed by atoms with Crippen LogP contribution in [-0.4, -0.2) is 9.52 Å². The van der Waals surface area contributed by atoms with Crippen LogP contribution >= 0.6 is 12.6 Å². The minimum absolute atomic E-state index is 0.107. The Labute approximate surface area is 162 Å². The number of hydrogen-bond acceptors (Lipinski definition) is 1. The molecule has 2 aromatic rings. The molecule has 0 saturated carbocycles. The summed E-state index contributed by atoms with van der Waals surface area (Å²) in [5.41, 5.74) is 7.21. The molecule has 0 fully saturated rings. The summed E-state index contributed by atoms with van der Waals surface area (Å²) in [6.07, 6.45) is 0. The molecule has 0 aliphatic heterocycles. The van der Waals surface area contributed by atoms with E-state index in [0.717, 1.165) is 15.6 Å². The van der Waals surface area contributed by atoms with Crippen LogP contribution in [0, 0.1) is 13.8 Å². The Hall–Kier alpha value is -0.993. The van der Waals surface area contributed by atoms with Crippen molar-refractivity contribution in [3.05, 3.63) is 58.1 Å². The highest BCUT2D eigenvalue weighted by molar-refractivity contribution is 7.80. The Bertz CT molecular complexity index is 726. The molecule has 2 rings (SSSR count). The second-order valence-electron chi connectivity index (χ2n) is 9.14. The topological polar surface area (TPSA) is 0 Å². The fraction of sp³-hybridized carbons (Fsp3) is 0.478. The van der Waals surface area contributed by atoms with Crippen molar-refractivity contribution < 1.29 is 0 Å². The summed E-state index contributed by atoms with van der Waals surface area (Å²) in [5.74, 6) is 0. The van der Waals surface area contributed by atoms with Gasteiger partial charge in [0.05, 0.1) is 9.52 Å². The minimum atomic E-state index is 0.107. The van der Waals surface area contributed by atoms with Crippen LogP contribution < -0.4 is 5.19 Å². The normalized spacial score (nSPS) is 12.5. The monoisotopic (exact) mass is 368 g/mol. The summed E-state index contributed by atoms with van der Waals surface area (Å²) in [5, 5.41) is 1.49. The van der Waals surface area contributed by atoms with E-state index in [9.17, 15) is 0 Å². The average molecular weight is 369 g/mol. The van der Waals surface area contributed by atoms with Gasteiger partial charge in [0.25, 0.3) is 0 Å². The molecule has 25 heavy (non-hydrogen) atoms. The molecule has 134 valence electrons. The first kappa shape index (κ1) is 20.3. The van der Waals surface area contributed by atoms with Gasteiger partial charge in [-0.05, 0) is 53.0 Å². The van der Waals surface area contributed by atoms with Gasteiger partial charge in [-0.15, -0.1) is 12.6 Å². The van der Waals surface area contributed by atoms with E-state index < -0.39 is 0 Å².